The lowest BCUT2D eigenvalue weighted by molar-refractivity contribution is -0.0978. The van der Waals surface area contributed by atoms with E-state index in [9.17, 15) is 4.79 Å². The molecule has 3 heterocycles. The predicted molar refractivity (Wildman–Crippen MR) is 71.3 cm³/mol. The molecule has 3 rings (SSSR count). The minimum atomic E-state index is -0.190. The van der Waals surface area contributed by atoms with Gasteiger partial charge in [-0.25, -0.2) is 0 Å². The van der Waals surface area contributed by atoms with Crippen LogP contribution in [0.15, 0.2) is 35.0 Å². The molecule has 1 N–H and O–H groups in total. The molecule has 2 aromatic rings. The van der Waals surface area contributed by atoms with Crippen molar-refractivity contribution in [1.29, 1.82) is 0 Å². The van der Waals surface area contributed by atoms with Crippen LogP contribution in [0.25, 0.3) is 0 Å². The van der Waals surface area contributed by atoms with Crippen LogP contribution < -0.4 is 5.32 Å². The fourth-order valence-corrected chi connectivity index (χ4v) is 2.07. The monoisotopic (exact) mass is 275 g/mol. The summed E-state index contributed by atoms with van der Waals surface area (Å²) in [6.07, 6.45) is 3.55. The van der Waals surface area contributed by atoms with Gasteiger partial charge in [0.1, 0.15) is 5.76 Å². The Morgan fingerprint density at radius 3 is 3.00 bits per heavy atom. The summed E-state index contributed by atoms with van der Waals surface area (Å²) in [6, 6.07) is 5.33. The number of aromatic nitrogens is 2. The van der Waals surface area contributed by atoms with Crippen molar-refractivity contribution >= 4 is 5.91 Å². The number of furan rings is 1. The Balaban J connectivity index is 1.57. The molecule has 0 unspecified atom stereocenters. The zero-order valence-corrected chi connectivity index (χ0v) is 11.3. The maximum Gasteiger partial charge on any atom is 0.287 e. The Morgan fingerprint density at radius 1 is 1.50 bits per heavy atom. The Bertz CT molecular complexity index is 585. The lowest BCUT2D eigenvalue weighted by Gasteiger charge is -2.37. The Morgan fingerprint density at radius 2 is 2.35 bits per heavy atom. The van der Waals surface area contributed by atoms with Crippen LogP contribution in [0.2, 0.25) is 0 Å². The first-order chi connectivity index (χ1) is 9.65. The molecule has 1 fully saturated rings. The second-order valence-electron chi connectivity index (χ2n) is 5.46. The van der Waals surface area contributed by atoms with Gasteiger partial charge in [0.05, 0.1) is 19.8 Å². The van der Waals surface area contributed by atoms with E-state index in [0.29, 0.717) is 37.8 Å². The summed E-state index contributed by atoms with van der Waals surface area (Å²) in [7, 11) is 0. The van der Waals surface area contributed by atoms with E-state index in [-0.39, 0.29) is 11.3 Å². The van der Waals surface area contributed by atoms with Gasteiger partial charge in [-0.05, 0) is 18.2 Å². The van der Waals surface area contributed by atoms with Crippen LogP contribution in [0.1, 0.15) is 23.2 Å². The molecule has 106 valence electrons. The Labute approximate surface area is 116 Å². The normalized spacial score (nSPS) is 16.6. The molecule has 0 aliphatic carbocycles. The number of nitrogens with zero attached hydrogens (tertiary/aromatic N) is 2. The van der Waals surface area contributed by atoms with Crippen LogP contribution in [0.3, 0.4) is 0 Å². The Kier molecular flexibility index (Phi) is 3.31. The van der Waals surface area contributed by atoms with Gasteiger partial charge in [-0.15, -0.1) is 0 Å². The van der Waals surface area contributed by atoms with Crippen LogP contribution in [0.5, 0.6) is 0 Å². The number of carbonyl (C=O) groups excluding carboxylic acids is 1. The SMILES string of the molecule is CC1(CNC(=O)c2ccc(Cn3cccn3)o2)COC1. The number of nitrogens with one attached hydrogen (secondary N) is 1. The van der Waals surface area contributed by atoms with Gasteiger partial charge in [0.2, 0.25) is 0 Å². The molecular formula is C14H17N3O3. The maximum atomic E-state index is 12.0. The van der Waals surface area contributed by atoms with E-state index >= 15 is 0 Å². The van der Waals surface area contributed by atoms with Gasteiger partial charge in [0, 0.05) is 24.4 Å². The molecule has 1 aliphatic heterocycles. The summed E-state index contributed by atoms with van der Waals surface area (Å²) < 4.78 is 12.4. The van der Waals surface area contributed by atoms with Crippen molar-refractivity contribution in [2.45, 2.75) is 13.5 Å². The third-order valence-corrected chi connectivity index (χ3v) is 3.34. The fraction of sp³-hybridized carbons (Fsp3) is 0.429. The topological polar surface area (TPSA) is 69.3 Å². The van der Waals surface area contributed by atoms with Crippen molar-refractivity contribution < 1.29 is 13.9 Å². The molecule has 0 bridgehead atoms. The zero-order chi connectivity index (χ0) is 14.0. The highest BCUT2D eigenvalue weighted by Crippen LogP contribution is 2.25. The van der Waals surface area contributed by atoms with Gasteiger partial charge < -0.3 is 14.5 Å². The first-order valence-corrected chi connectivity index (χ1v) is 6.57. The van der Waals surface area contributed by atoms with Crippen LogP contribution in [-0.2, 0) is 11.3 Å². The van der Waals surface area contributed by atoms with Gasteiger partial charge in [0.25, 0.3) is 5.91 Å². The standard InChI is InChI=1S/C14H17N3O3/c1-14(9-19-10-14)8-15-13(18)12-4-3-11(20-12)7-17-6-2-5-16-17/h2-6H,7-10H2,1H3,(H,15,18). The van der Waals surface area contributed by atoms with Crippen LogP contribution in [0, 0.1) is 5.41 Å². The van der Waals surface area contributed by atoms with Gasteiger partial charge in [-0.2, -0.15) is 5.10 Å². The van der Waals surface area contributed by atoms with Crippen molar-refractivity contribution in [2.24, 2.45) is 5.41 Å². The predicted octanol–water partition coefficient (Wildman–Crippen LogP) is 1.29. The summed E-state index contributed by atoms with van der Waals surface area (Å²) in [5.41, 5.74) is 0.0557. The lowest BCUT2D eigenvalue weighted by atomic mass is 9.89. The first-order valence-electron chi connectivity index (χ1n) is 6.57. The average molecular weight is 275 g/mol. The second kappa shape index (κ2) is 5.13. The quantitative estimate of drug-likeness (QED) is 0.892. The van der Waals surface area contributed by atoms with Crippen molar-refractivity contribution in [3.8, 4) is 0 Å². The molecule has 1 amide bonds. The van der Waals surface area contributed by atoms with E-state index in [1.165, 1.54) is 0 Å². The molecule has 0 spiro atoms. The van der Waals surface area contributed by atoms with E-state index in [2.05, 4.69) is 17.3 Å². The molecule has 20 heavy (non-hydrogen) atoms. The number of ether oxygens (including phenoxy) is 1. The number of rotatable bonds is 5. The minimum absolute atomic E-state index is 0.0557. The van der Waals surface area contributed by atoms with E-state index in [4.69, 9.17) is 9.15 Å². The molecular weight excluding hydrogens is 258 g/mol. The molecule has 2 aromatic heterocycles. The molecule has 6 heteroatoms. The van der Waals surface area contributed by atoms with E-state index in [1.54, 1.807) is 23.0 Å². The summed E-state index contributed by atoms with van der Waals surface area (Å²) >= 11 is 0. The highest BCUT2D eigenvalue weighted by Gasteiger charge is 2.33. The minimum Gasteiger partial charge on any atom is -0.454 e. The highest BCUT2D eigenvalue weighted by atomic mass is 16.5. The van der Waals surface area contributed by atoms with E-state index < -0.39 is 0 Å². The molecule has 0 radical (unpaired) electrons. The van der Waals surface area contributed by atoms with Crippen molar-refractivity contribution in [3.05, 3.63) is 42.1 Å². The number of amides is 1. The van der Waals surface area contributed by atoms with Crippen molar-refractivity contribution in [2.75, 3.05) is 19.8 Å². The number of carbonyl (C=O) groups is 1. The molecule has 0 atom stereocenters. The van der Waals surface area contributed by atoms with Crippen molar-refractivity contribution in [1.82, 2.24) is 15.1 Å². The summed E-state index contributed by atoms with van der Waals surface area (Å²) in [5, 5.41) is 6.97. The van der Waals surface area contributed by atoms with Gasteiger partial charge in [-0.3, -0.25) is 9.48 Å². The first kappa shape index (κ1) is 12.9. The lowest BCUT2D eigenvalue weighted by Crippen LogP contribution is -2.48. The smallest absolute Gasteiger partial charge is 0.287 e. The zero-order valence-electron chi connectivity index (χ0n) is 11.3. The molecule has 0 aromatic carbocycles. The fourth-order valence-electron chi connectivity index (χ4n) is 2.07. The molecule has 1 aliphatic rings. The summed E-state index contributed by atoms with van der Waals surface area (Å²) in [4.78, 5) is 12.0. The average Bonchev–Trinajstić information content (AvgIpc) is 3.06. The number of hydrogen-bond donors (Lipinski definition) is 1. The molecule has 1 saturated heterocycles. The largest absolute Gasteiger partial charge is 0.454 e. The molecule has 6 nitrogen and oxygen atoms in total. The number of hydrogen-bond acceptors (Lipinski definition) is 4. The van der Waals surface area contributed by atoms with E-state index in [0.717, 1.165) is 0 Å². The van der Waals surface area contributed by atoms with Crippen molar-refractivity contribution in [3.63, 3.8) is 0 Å². The van der Waals surface area contributed by atoms with Gasteiger partial charge in [-0.1, -0.05) is 6.92 Å². The van der Waals surface area contributed by atoms with Crippen LogP contribution in [-0.4, -0.2) is 35.4 Å². The highest BCUT2D eigenvalue weighted by molar-refractivity contribution is 5.91. The second-order valence-corrected chi connectivity index (χ2v) is 5.46. The van der Waals surface area contributed by atoms with Crippen LogP contribution in [0.4, 0.5) is 0 Å². The van der Waals surface area contributed by atoms with Gasteiger partial charge >= 0.3 is 0 Å². The summed E-state index contributed by atoms with van der Waals surface area (Å²) in [6.45, 7) is 4.58. The molecule has 0 saturated carbocycles. The third-order valence-electron chi connectivity index (χ3n) is 3.34. The van der Waals surface area contributed by atoms with E-state index in [1.807, 2.05) is 12.3 Å². The maximum absolute atomic E-state index is 12.0. The summed E-state index contributed by atoms with van der Waals surface area (Å²) in [5.74, 6) is 0.845. The van der Waals surface area contributed by atoms with Gasteiger partial charge in [0.15, 0.2) is 5.76 Å². The Hall–Kier alpha value is -2.08. The third kappa shape index (κ3) is 2.75. The van der Waals surface area contributed by atoms with Crippen LogP contribution >= 0.6 is 0 Å².